The Morgan fingerprint density at radius 3 is 1.00 bits per heavy atom. The summed E-state index contributed by atoms with van der Waals surface area (Å²) in [5.41, 5.74) is 0. The van der Waals surface area contributed by atoms with Crippen molar-refractivity contribution in [3.8, 4) is 0 Å². The van der Waals surface area contributed by atoms with Crippen LogP contribution in [0.25, 0.3) is 0 Å². The van der Waals surface area contributed by atoms with E-state index in [-0.39, 0.29) is 146 Å². The summed E-state index contributed by atoms with van der Waals surface area (Å²) in [5.74, 6) is 0. The van der Waals surface area contributed by atoms with E-state index < -0.39 is 8.80 Å². The van der Waals surface area contributed by atoms with Gasteiger partial charge in [0.05, 0.1) is 0 Å². The monoisotopic (exact) mass is 206 g/mol. The van der Waals surface area contributed by atoms with Crippen LogP contribution in [-0.2, 0) is 0 Å². The molecule has 0 atom stereocenters. The van der Waals surface area contributed by atoms with E-state index in [2.05, 4.69) is 0 Å². The first-order valence-electron chi connectivity index (χ1n) is 1.17. The van der Waals surface area contributed by atoms with Gasteiger partial charge in [0.25, 0.3) is 0 Å². The Bertz CT molecular complexity index is 46.1. The second-order valence-electron chi connectivity index (χ2n) is 0.971. The van der Waals surface area contributed by atoms with E-state index in [0.717, 1.165) is 6.55 Å². The molecule has 0 rings (SSSR count). The van der Waals surface area contributed by atoms with Crippen LogP contribution in [0.4, 0.5) is 0 Å². The molecule has 3 nitrogen and oxygen atoms in total. The minimum absolute atomic E-state index is 0. The summed E-state index contributed by atoms with van der Waals surface area (Å²) < 4.78 is 0. The van der Waals surface area contributed by atoms with Crippen molar-refractivity contribution in [3.63, 3.8) is 0 Å². The molecule has 0 aliphatic heterocycles. The molecular formula is CH10KNa3O3Si. The van der Waals surface area contributed by atoms with E-state index in [1.165, 1.54) is 0 Å². The van der Waals surface area contributed by atoms with Crippen molar-refractivity contribution in [2.75, 3.05) is 0 Å². The Kier molecular flexibility index (Phi) is 49.4. The summed E-state index contributed by atoms with van der Waals surface area (Å²) in [6, 6.07) is 0. The van der Waals surface area contributed by atoms with Crippen LogP contribution in [0.2, 0.25) is 6.55 Å². The van der Waals surface area contributed by atoms with Gasteiger partial charge in [-0.05, 0) is 0 Å². The zero-order valence-electron chi connectivity index (χ0n) is 10.8. The summed E-state index contributed by atoms with van der Waals surface area (Å²) >= 11 is 0. The molecule has 0 aliphatic carbocycles. The second kappa shape index (κ2) is 15.2. The molecule has 0 saturated carbocycles. The molecule has 0 bridgehead atoms. The standard InChI is InChI=1S/CH6O3Si.K.3Na.4H/c1-5(2,3)4;;;;;;;;/h2-4H,1H3;;;;;;;;/q;4*+1;4*-1. The molecule has 8 heteroatoms. The van der Waals surface area contributed by atoms with Gasteiger partial charge in [0, 0.05) is 6.55 Å². The molecule has 0 spiro atoms. The summed E-state index contributed by atoms with van der Waals surface area (Å²) in [6.45, 7) is 0.993. The van der Waals surface area contributed by atoms with Crippen molar-refractivity contribution in [3.05, 3.63) is 0 Å². The Morgan fingerprint density at radius 1 is 1.00 bits per heavy atom. The normalized spacial score (nSPS) is 6.67. The molecule has 3 N–H and O–H groups in total. The minimum atomic E-state index is -3.61. The van der Waals surface area contributed by atoms with Gasteiger partial charge < -0.3 is 20.1 Å². The smallest absolute Gasteiger partial charge is 1.00 e. The van der Waals surface area contributed by atoms with Crippen LogP contribution in [-0.4, -0.2) is 23.2 Å². The van der Waals surface area contributed by atoms with Gasteiger partial charge in [-0.15, -0.1) is 0 Å². The zero-order chi connectivity index (χ0) is 4.50. The molecule has 0 aromatic carbocycles. The summed E-state index contributed by atoms with van der Waals surface area (Å²) in [7, 11) is -3.61. The van der Waals surface area contributed by atoms with Crippen LogP contribution in [0.1, 0.15) is 5.71 Å². The molecule has 9 heavy (non-hydrogen) atoms. The first-order chi connectivity index (χ1) is 2.00. The first kappa shape index (κ1) is 29.2. The van der Waals surface area contributed by atoms with Crippen molar-refractivity contribution < 1.29 is 160 Å². The fourth-order valence-corrected chi connectivity index (χ4v) is 0. The van der Waals surface area contributed by atoms with Crippen LogP contribution in [0, 0.1) is 0 Å². The maximum atomic E-state index is 7.77. The van der Waals surface area contributed by atoms with E-state index in [0.29, 0.717) is 0 Å². The Hall–Kier alpha value is 4.73. The van der Waals surface area contributed by atoms with Crippen molar-refractivity contribution >= 4 is 8.80 Å². The van der Waals surface area contributed by atoms with Crippen molar-refractivity contribution in [2.24, 2.45) is 0 Å². The Morgan fingerprint density at radius 2 is 1.00 bits per heavy atom. The van der Waals surface area contributed by atoms with E-state index >= 15 is 0 Å². The van der Waals surface area contributed by atoms with Crippen molar-refractivity contribution in [1.82, 2.24) is 0 Å². The third-order valence-corrected chi connectivity index (χ3v) is 0. The molecule has 0 unspecified atom stereocenters. The number of hydrogen-bond acceptors (Lipinski definition) is 3. The maximum Gasteiger partial charge on any atom is 1.00 e. The van der Waals surface area contributed by atoms with Gasteiger partial charge in [0.1, 0.15) is 0 Å². The molecular weight excluding hydrogens is 196 g/mol. The third kappa shape index (κ3) is 65.5. The van der Waals surface area contributed by atoms with Gasteiger partial charge in [-0.3, -0.25) is 0 Å². The van der Waals surface area contributed by atoms with Crippen LogP contribution in [0.5, 0.6) is 0 Å². The largest absolute Gasteiger partial charge is 1.00 e. The first-order valence-corrected chi connectivity index (χ1v) is 3.51. The molecule has 0 aromatic rings. The number of rotatable bonds is 0. The molecule has 0 radical (unpaired) electrons. The fourth-order valence-electron chi connectivity index (χ4n) is 0. The van der Waals surface area contributed by atoms with Crippen molar-refractivity contribution in [1.29, 1.82) is 0 Å². The van der Waals surface area contributed by atoms with Crippen LogP contribution >= 0.6 is 0 Å². The van der Waals surface area contributed by atoms with Gasteiger partial charge in [-0.2, -0.15) is 0 Å². The van der Waals surface area contributed by atoms with Crippen LogP contribution in [0.3, 0.4) is 0 Å². The predicted octanol–water partition coefficient (Wildman–Crippen LogP) is -13.0. The van der Waals surface area contributed by atoms with E-state index in [1.807, 2.05) is 0 Å². The quantitative estimate of drug-likeness (QED) is 0.345. The third-order valence-electron chi connectivity index (χ3n) is 0. The predicted molar refractivity (Wildman–Crippen MR) is 22.7 cm³/mol. The van der Waals surface area contributed by atoms with Gasteiger partial charge in [0.15, 0.2) is 0 Å². The average Bonchev–Trinajstić information content (AvgIpc) is 0.722. The van der Waals surface area contributed by atoms with Gasteiger partial charge >= 0.3 is 149 Å². The Balaban J connectivity index is -0.00000000286. The SMILES string of the molecule is C[Si](O)(O)O.[H-].[H-].[H-].[H-].[K+].[Na+].[Na+].[Na+]. The average molecular weight is 206 g/mol. The van der Waals surface area contributed by atoms with Gasteiger partial charge in [-0.1, -0.05) is 0 Å². The minimum Gasteiger partial charge on any atom is -1.00 e. The van der Waals surface area contributed by atoms with Gasteiger partial charge in [0.2, 0.25) is 0 Å². The second-order valence-corrected chi connectivity index (χ2v) is 2.91. The van der Waals surface area contributed by atoms with E-state index in [1.54, 1.807) is 0 Å². The fraction of sp³-hybridized carbons (Fsp3) is 1.00. The molecule has 0 amide bonds. The molecule has 0 aromatic heterocycles. The topological polar surface area (TPSA) is 60.7 Å². The molecule has 0 saturated heterocycles. The Labute approximate surface area is 171 Å². The van der Waals surface area contributed by atoms with Crippen molar-refractivity contribution in [2.45, 2.75) is 6.55 Å². The summed E-state index contributed by atoms with van der Waals surface area (Å²) in [6.07, 6.45) is 0. The van der Waals surface area contributed by atoms with Crippen LogP contribution in [0.15, 0.2) is 0 Å². The summed E-state index contributed by atoms with van der Waals surface area (Å²) in [4.78, 5) is 23.3. The molecule has 0 fully saturated rings. The molecule has 0 aliphatic rings. The summed E-state index contributed by atoms with van der Waals surface area (Å²) in [5, 5.41) is 0. The number of hydrogen-bond donors (Lipinski definition) is 3. The maximum absolute atomic E-state index is 7.77. The van der Waals surface area contributed by atoms with Gasteiger partial charge in [-0.25, -0.2) is 0 Å². The molecule has 40 valence electrons. The van der Waals surface area contributed by atoms with E-state index in [9.17, 15) is 0 Å². The van der Waals surface area contributed by atoms with E-state index in [4.69, 9.17) is 14.4 Å². The van der Waals surface area contributed by atoms with Crippen LogP contribution < -0.4 is 140 Å². The zero-order valence-corrected chi connectivity index (χ0v) is 17.0. The molecule has 0 heterocycles.